The van der Waals surface area contributed by atoms with Crippen LogP contribution >= 0.6 is 23.2 Å². The van der Waals surface area contributed by atoms with Crippen molar-refractivity contribution in [3.8, 4) is 0 Å². The highest BCUT2D eigenvalue weighted by atomic mass is 35.5. The van der Waals surface area contributed by atoms with E-state index in [-0.39, 0.29) is 0 Å². The Bertz CT molecular complexity index is 593. The van der Waals surface area contributed by atoms with Crippen LogP contribution in [0.2, 0.25) is 5.02 Å². The number of aromatic nitrogens is 3. The molecular formula is C13H15Cl2N3O. The van der Waals surface area contributed by atoms with E-state index in [1.54, 1.807) is 13.3 Å². The van der Waals surface area contributed by atoms with E-state index in [9.17, 15) is 0 Å². The second-order valence-corrected chi connectivity index (χ2v) is 5.63. The number of methoxy groups -OCH3 is 1. The summed E-state index contributed by atoms with van der Waals surface area (Å²) >= 11 is 11.8. The molecule has 0 aliphatic heterocycles. The lowest BCUT2D eigenvalue weighted by Crippen LogP contribution is -2.33. The molecule has 0 bridgehead atoms. The van der Waals surface area contributed by atoms with Crippen molar-refractivity contribution in [2.24, 2.45) is 0 Å². The number of halogens is 2. The Morgan fingerprint density at radius 2 is 2.26 bits per heavy atom. The van der Waals surface area contributed by atoms with Gasteiger partial charge >= 0.3 is 0 Å². The van der Waals surface area contributed by atoms with Crippen LogP contribution in [-0.4, -0.2) is 33.6 Å². The fourth-order valence-corrected chi connectivity index (χ4v) is 2.91. The largest absolute Gasteiger partial charge is 0.381 e. The molecule has 0 spiro atoms. The highest BCUT2D eigenvalue weighted by molar-refractivity contribution is 6.31. The summed E-state index contributed by atoms with van der Waals surface area (Å²) in [6.07, 6.45) is 4.75. The molecule has 19 heavy (non-hydrogen) atoms. The molecule has 102 valence electrons. The number of hydrogen-bond acceptors (Lipinski definition) is 3. The van der Waals surface area contributed by atoms with Gasteiger partial charge < -0.3 is 9.30 Å². The Kier molecular flexibility index (Phi) is 3.65. The van der Waals surface area contributed by atoms with Crippen LogP contribution in [-0.2, 0) is 11.2 Å². The number of rotatable bonds is 4. The van der Waals surface area contributed by atoms with Gasteiger partial charge in [-0.1, -0.05) is 11.6 Å². The molecule has 6 heteroatoms. The van der Waals surface area contributed by atoms with Crippen molar-refractivity contribution in [2.45, 2.75) is 31.4 Å². The summed E-state index contributed by atoms with van der Waals surface area (Å²) in [5.74, 6) is 1.54. The topological polar surface area (TPSA) is 39.9 Å². The number of ether oxygens (including phenoxy) is 1. The third-order valence-electron chi connectivity index (χ3n) is 3.66. The Balaban J connectivity index is 2.02. The van der Waals surface area contributed by atoms with E-state index in [4.69, 9.17) is 27.9 Å². The minimum Gasteiger partial charge on any atom is -0.381 e. The molecule has 3 rings (SSSR count). The molecule has 1 saturated carbocycles. The van der Waals surface area contributed by atoms with E-state index in [1.807, 2.05) is 6.07 Å². The van der Waals surface area contributed by atoms with Gasteiger partial charge in [0.25, 0.3) is 0 Å². The summed E-state index contributed by atoms with van der Waals surface area (Å²) in [4.78, 5) is 9.03. The summed E-state index contributed by atoms with van der Waals surface area (Å²) in [7, 11) is 1.75. The van der Waals surface area contributed by atoms with Crippen LogP contribution in [0.3, 0.4) is 0 Å². The first-order valence-corrected chi connectivity index (χ1v) is 7.25. The summed E-state index contributed by atoms with van der Waals surface area (Å²) in [5, 5.41) is 0.609. The van der Waals surface area contributed by atoms with Gasteiger partial charge in [0.05, 0.1) is 11.1 Å². The third kappa shape index (κ3) is 2.33. The first-order valence-electron chi connectivity index (χ1n) is 6.34. The minimum atomic E-state index is 0.346. The number of aryl methyl sites for hydroxylation is 1. The van der Waals surface area contributed by atoms with Gasteiger partial charge in [-0.3, -0.25) is 0 Å². The van der Waals surface area contributed by atoms with Crippen molar-refractivity contribution < 1.29 is 4.74 Å². The van der Waals surface area contributed by atoms with E-state index >= 15 is 0 Å². The van der Waals surface area contributed by atoms with Crippen LogP contribution in [0.25, 0.3) is 11.2 Å². The van der Waals surface area contributed by atoms with E-state index in [2.05, 4.69) is 14.5 Å². The van der Waals surface area contributed by atoms with Crippen molar-refractivity contribution in [1.82, 2.24) is 14.5 Å². The first-order chi connectivity index (χ1) is 9.22. The number of imidazole rings is 1. The Labute approximate surface area is 121 Å². The number of hydrogen-bond donors (Lipinski definition) is 0. The van der Waals surface area contributed by atoms with Crippen LogP contribution in [0.1, 0.15) is 24.7 Å². The maximum absolute atomic E-state index is 5.97. The van der Waals surface area contributed by atoms with E-state index < -0.39 is 0 Å². The number of fused-ring (bicyclic) bond motifs is 1. The minimum absolute atomic E-state index is 0.346. The summed E-state index contributed by atoms with van der Waals surface area (Å²) in [6, 6.07) is 2.26. The average Bonchev–Trinajstić information content (AvgIpc) is 2.66. The fourth-order valence-electron chi connectivity index (χ4n) is 2.59. The van der Waals surface area contributed by atoms with Gasteiger partial charge in [-0.05, 0) is 18.9 Å². The van der Waals surface area contributed by atoms with Gasteiger partial charge in [0.2, 0.25) is 0 Å². The zero-order valence-corrected chi connectivity index (χ0v) is 12.2. The number of alkyl halides is 1. The lowest BCUT2D eigenvalue weighted by Gasteiger charge is -2.36. The van der Waals surface area contributed by atoms with Crippen LogP contribution in [0, 0.1) is 0 Å². The molecule has 1 fully saturated rings. The molecule has 1 aliphatic carbocycles. The zero-order valence-electron chi connectivity index (χ0n) is 10.6. The average molecular weight is 300 g/mol. The monoisotopic (exact) mass is 299 g/mol. The predicted molar refractivity (Wildman–Crippen MR) is 76.0 cm³/mol. The Hall–Kier alpha value is -0.840. The molecule has 0 amide bonds. The third-order valence-corrected chi connectivity index (χ3v) is 4.05. The molecule has 0 aromatic carbocycles. The smallest absolute Gasteiger partial charge is 0.160 e. The molecule has 2 aromatic rings. The molecule has 0 N–H and O–H groups in total. The molecule has 0 unspecified atom stereocenters. The van der Waals surface area contributed by atoms with E-state index in [0.29, 0.717) is 23.0 Å². The molecule has 0 atom stereocenters. The summed E-state index contributed by atoms with van der Waals surface area (Å²) in [6.45, 7) is 0. The van der Waals surface area contributed by atoms with Crippen molar-refractivity contribution in [3.63, 3.8) is 0 Å². The zero-order chi connectivity index (χ0) is 13.4. The molecular weight excluding hydrogens is 285 g/mol. The Morgan fingerprint density at radius 1 is 1.47 bits per heavy atom. The van der Waals surface area contributed by atoms with Crippen LogP contribution < -0.4 is 0 Å². The first kappa shape index (κ1) is 13.2. The fraction of sp³-hybridized carbons (Fsp3) is 0.538. The molecule has 2 heterocycles. The van der Waals surface area contributed by atoms with Gasteiger partial charge in [-0.2, -0.15) is 0 Å². The summed E-state index contributed by atoms with van der Waals surface area (Å²) in [5.41, 5.74) is 1.73. The van der Waals surface area contributed by atoms with Crippen molar-refractivity contribution in [1.29, 1.82) is 0 Å². The molecule has 0 saturated heterocycles. The molecule has 4 nitrogen and oxygen atoms in total. The van der Waals surface area contributed by atoms with Gasteiger partial charge in [0, 0.05) is 31.6 Å². The normalized spacial score (nSPS) is 22.7. The van der Waals surface area contributed by atoms with Gasteiger partial charge in [-0.15, -0.1) is 11.6 Å². The van der Waals surface area contributed by atoms with Crippen molar-refractivity contribution >= 4 is 34.4 Å². The summed E-state index contributed by atoms with van der Waals surface area (Å²) < 4.78 is 7.54. The lowest BCUT2D eigenvalue weighted by atomic mass is 9.89. The maximum atomic E-state index is 5.97. The second kappa shape index (κ2) is 5.27. The van der Waals surface area contributed by atoms with E-state index in [0.717, 1.165) is 36.3 Å². The highest BCUT2D eigenvalue weighted by Gasteiger charge is 2.33. The second-order valence-electron chi connectivity index (χ2n) is 4.82. The lowest BCUT2D eigenvalue weighted by molar-refractivity contribution is 0.00649. The number of nitrogens with zero attached hydrogens (tertiary/aromatic N) is 3. The number of pyridine rings is 1. The Morgan fingerprint density at radius 3 is 2.95 bits per heavy atom. The van der Waals surface area contributed by atoms with Gasteiger partial charge in [0.1, 0.15) is 11.3 Å². The van der Waals surface area contributed by atoms with Crippen LogP contribution in [0.5, 0.6) is 0 Å². The van der Waals surface area contributed by atoms with Crippen LogP contribution in [0.15, 0.2) is 12.3 Å². The SMILES string of the molecule is COC1CC(n2c(CCCl)nc3cc(Cl)cnc32)C1. The predicted octanol–water partition coefficient (Wildman–Crippen LogP) is 3.22. The van der Waals surface area contributed by atoms with Crippen molar-refractivity contribution in [3.05, 3.63) is 23.1 Å². The molecule has 0 radical (unpaired) electrons. The highest BCUT2D eigenvalue weighted by Crippen LogP contribution is 2.37. The van der Waals surface area contributed by atoms with Gasteiger partial charge in [-0.25, -0.2) is 9.97 Å². The standard InChI is InChI=1S/C13H15Cl2N3O/c1-19-10-5-9(6-10)18-12(2-3-14)17-11-4-8(15)7-16-13(11)18/h4,7,9-10H,2-3,5-6H2,1H3. The van der Waals surface area contributed by atoms with Gasteiger partial charge in [0.15, 0.2) is 5.65 Å². The van der Waals surface area contributed by atoms with Crippen molar-refractivity contribution in [2.75, 3.05) is 13.0 Å². The quantitative estimate of drug-likeness (QED) is 0.814. The maximum Gasteiger partial charge on any atom is 0.160 e. The molecule has 1 aliphatic rings. The molecule has 2 aromatic heterocycles. The van der Waals surface area contributed by atoms with E-state index in [1.165, 1.54) is 0 Å². The van der Waals surface area contributed by atoms with Crippen LogP contribution in [0.4, 0.5) is 0 Å².